The van der Waals surface area contributed by atoms with Crippen molar-refractivity contribution in [2.75, 3.05) is 13.6 Å². The molecule has 1 nitrogen and oxygen atoms in total. The molecule has 1 atom stereocenters. The predicted molar refractivity (Wildman–Crippen MR) is 54.2 cm³/mol. The summed E-state index contributed by atoms with van der Waals surface area (Å²) in [5.74, 6) is 2.85. The molecule has 0 spiro atoms. The molecule has 0 bridgehead atoms. The summed E-state index contributed by atoms with van der Waals surface area (Å²) >= 11 is 0. The number of hydrogen-bond acceptors (Lipinski definition) is 1. The zero-order valence-corrected chi connectivity index (χ0v) is 8.77. The van der Waals surface area contributed by atoms with Crippen molar-refractivity contribution >= 4 is 0 Å². The molecule has 1 N–H and O–H groups in total. The lowest BCUT2D eigenvalue weighted by Crippen LogP contribution is -2.31. The third-order valence-corrected chi connectivity index (χ3v) is 3.06. The fourth-order valence-electron chi connectivity index (χ4n) is 2.22. The van der Waals surface area contributed by atoms with Crippen molar-refractivity contribution in [2.24, 2.45) is 17.8 Å². The average Bonchev–Trinajstić information content (AvgIpc) is 1.81. The highest BCUT2D eigenvalue weighted by Crippen LogP contribution is 2.36. The van der Waals surface area contributed by atoms with Crippen LogP contribution in [-0.2, 0) is 0 Å². The molecule has 0 heterocycles. The van der Waals surface area contributed by atoms with E-state index in [4.69, 9.17) is 0 Å². The summed E-state index contributed by atoms with van der Waals surface area (Å²) in [4.78, 5) is 0. The van der Waals surface area contributed by atoms with Crippen molar-refractivity contribution in [3.8, 4) is 0 Å². The van der Waals surface area contributed by atoms with Gasteiger partial charge in [-0.15, -0.1) is 0 Å². The molecule has 0 saturated heterocycles. The largest absolute Gasteiger partial charge is 0.319 e. The summed E-state index contributed by atoms with van der Waals surface area (Å²) < 4.78 is 0. The lowest BCUT2D eigenvalue weighted by Gasteiger charge is -2.34. The third-order valence-electron chi connectivity index (χ3n) is 3.06. The number of hydrogen-bond donors (Lipinski definition) is 1. The number of nitrogens with one attached hydrogen (secondary N) is 1. The molecule has 1 heteroatoms. The van der Waals surface area contributed by atoms with Crippen LogP contribution in [0.5, 0.6) is 0 Å². The van der Waals surface area contributed by atoms with Gasteiger partial charge in [-0.1, -0.05) is 33.1 Å². The first-order chi connectivity index (χ1) is 5.74. The minimum atomic E-state index is 0.865. The maximum Gasteiger partial charge on any atom is -0.00208 e. The highest BCUT2D eigenvalue weighted by atomic mass is 14.8. The molecule has 0 radical (unpaired) electrons. The van der Waals surface area contributed by atoms with E-state index in [1.165, 1.54) is 32.2 Å². The molecule has 72 valence electrons. The zero-order chi connectivity index (χ0) is 8.97. The van der Waals surface area contributed by atoms with E-state index in [0.717, 1.165) is 17.8 Å². The van der Waals surface area contributed by atoms with Crippen LogP contribution in [0.25, 0.3) is 0 Å². The van der Waals surface area contributed by atoms with Gasteiger partial charge in [-0.25, -0.2) is 0 Å². The minimum absolute atomic E-state index is 0.865. The van der Waals surface area contributed by atoms with Gasteiger partial charge in [0.25, 0.3) is 0 Å². The van der Waals surface area contributed by atoms with Crippen LogP contribution in [0.1, 0.15) is 39.5 Å². The Morgan fingerprint density at radius 1 is 1.33 bits per heavy atom. The molecular formula is C11H23N. The van der Waals surface area contributed by atoms with Crippen molar-refractivity contribution in [3.63, 3.8) is 0 Å². The van der Waals surface area contributed by atoms with Gasteiger partial charge in [-0.3, -0.25) is 0 Å². The van der Waals surface area contributed by atoms with Gasteiger partial charge >= 0.3 is 0 Å². The Bertz CT molecular complexity index is 116. The summed E-state index contributed by atoms with van der Waals surface area (Å²) in [6.07, 6.45) is 5.85. The highest BCUT2D eigenvalue weighted by Gasteiger charge is 2.26. The fraction of sp³-hybridized carbons (Fsp3) is 1.00. The monoisotopic (exact) mass is 169 g/mol. The van der Waals surface area contributed by atoms with Crippen LogP contribution in [0.4, 0.5) is 0 Å². The Kier molecular flexibility index (Phi) is 4.07. The van der Waals surface area contributed by atoms with Gasteiger partial charge < -0.3 is 5.32 Å². The van der Waals surface area contributed by atoms with Gasteiger partial charge in [-0.05, 0) is 37.8 Å². The Morgan fingerprint density at radius 3 is 2.33 bits per heavy atom. The molecule has 0 aliphatic heterocycles. The maximum absolute atomic E-state index is 3.32. The van der Waals surface area contributed by atoms with E-state index in [2.05, 4.69) is 26.2 Å². The molecule has 12 heavy (non-hydrogen) atoms. The normalized spacial score (nSPS) is 21.0. The SMILES string of the molecule is CNCC(CC(C)C)C1CCC1. The highest BCUT2D eigenvalue weighted by molar-refractivity contribution is 4.79. The molecule has 1 saturated carbocycles. The van der Waals surface area contributed by atoms with Crippen molar-refractivity contribution in [1.29, 1.82) is 0 Å². The van der Waals surface area contributed by atoms with E-state index < -0.39 is 0 Å². The van der Waals surface area contributed by atoms with Crippen molar-refractivity contribution in [3.05, 3.63) is 0 Å². The van der Waals surface area contributed by atoms with E-state index in [0.29, 0.717) is 0 Å². The lowest BCUT2D eigenvalue weighted by molar-refractivity contribution is 0.179. The Morgan fingerprint density at radius 2 is 2.00 bits per heavy atom. The second kappa shape index (κ2) is 4.86. The minimum Gasteiger partial charge on any atom is -0.319 e. The first-order valence-electron chi connectivity index (χ1n) is 5.38. The van der Waals surface area contributed by atoms with Crippen molar-refractivity contribution < 1.29 is 0 Å². The summed E-state index contributed by atoms with van der Waals surface area (Å²) in [6, 6.07) is 0. The topological polar surface area (TPSA) is 12.0 Å². The molecular weight excluding hydrogens is 146 g/mol. The molecule has 1 unspecified atom stereocenters. The Labute approximate surface area is 76.9 Å². The first-order valence-corrected chi connectivity index (χ1v) is 5.38. The van der Waals surface area contributed by atoms with Gasteiger partial charge in [0, 0.05) is 0 Å². The fourth-order valence-corrected chi connectivity index (χ4v) is 2.22. The molecule has 1 rings (SSSR count). The first kappa shape index (κ1) is 10.0. The van der Waals surface area contributed by atoms with Crippen molar-refractivity contribution in [1.82, 2.24) is 5.32 Å². The number of rotatable bonds is 5. The van der Waals surface area contributed by atoms with Crippen LogP contribution in [0.3, 0.4) is 0 Å². The van der Waals surface area contributed by atoms with Gasteiger partial charge in [0.2, 0.25) is 0 Å². The third kappa shape index (κ3) is 2.78. The van der Waals surface area contributed by atoms with Crippen LogP contribution in [-0.4, -0.2) is 13.6 Å². The van der Waals surface area contributed by atoms with E-state index in [-0.39, 0.29) is 0 Å². The quantitative estimate of drug-likeness (QED) is 0.667. The molecule has 0 aromatic heterocycles. The van der Waals surface area contributed by atoms with Gasteiger partial charge in [0.1, 0.15) is 0 Å². The van der Waals surface area contributed by atoms with Crippen LogP contribution < -0.4 is 5.32 Å². The van der Waals surface area contributed by atoms with E-state index in [1.54, 1.807) is 0 Å². The zero-order valence-electron chi connectivity index (χ0n) is 8.77. The second-order valence-corrected chi connectivity index (χ2v) is 4.64. The molecule has 0 aromatic carbocycles. The predicted octanol–water partition coefficient (Wildman–Crippen LogP) is 2.67. The average molecular weight is 169 g/mol. The second-order valence-electron chi connectivity index (χ2n) is 4.64. The van der Waals surface area contributed by atoms with Crippen LogP contribution >= 0.6 is 0 Å². The Balaban J connectivity index is 2.26. The van der Waals surface area contributed by atoms with E-state index >= 15 is 0 Å². The molecule has 0 aromatic rings. The summed E-state index contributed by atoms with van der Waals surface area (Å²) in [5.41, 5.74) is 0. The van der Waals surface area contributed by atoms with E-state index in [1.807, 2.05) is 0 Å². The van der Waals surface area contributed by atoms with E-state index in [9.17, 15) is 0 Å². The standard InChI is InChI=1S/C11H23N/c1-9(2)7-11(8-12-3)10-5-4-6-10/h9-12H,4-8H2,1-3H3. The maximum atomic E-state index is 3.32. The smallest absolute Gasteiger partial charge is 0.00208 e. The lowest BCUT2D eigenvalue weighted by atomic mass is 9.73. The summed E-state index contributed by atoms with van der Waals surface area (Å²) in [5, 5.41) is 3.32. The molecule has 1 aliphatic carbocycles. The molecule has 0 amide bonds. The van der Waals surface area contributed by atoms with Crippen molar-refractivity contribution in [2.45, 2.75) is 39.5 Å². The molecule has 1 aliphatic rings. The van der Waals surface area contributed by atoms with Crippen LogP contribution in [0.2, 0.25) is 0 Å². The summed E-state index contributed by atoms with van der Waals surface area (Å²) in [7, 11) is 2.08. The van der Waals surface area contributed by atoms with Crippen LogP contribution in [0, 0.1) is 17.8 Å². The summed E-state index contributed by atoms with van der Waals surface area (Å²) in [6.45, 7) is 5.89. The van der Waals surface area contributed by atoms with Gasteiger partial charge in [0.15, 0.2) is 0 Å². The van der Waals surface area contributed by atoms with Gasteiger partial charge in [0.05, 0.1) is 0 Å². The van der Waals surface area contributed by atoms with Crippen LogP contribution in [0.15, 0.2) is 0 Å². The van der Waals surface area contributed by atoms with Gasteiger partial charge in [-0.2, -0.15) is 0 Å². The molecule has 1 fully saturated rings. The Hall–Kier alpha value is -0.0400.